The van der Waals surface area contributed by atoms with Gasteiger partial charge in [-0.25, -0.2) is 0 Å². The molecule has 0 saturated carbocycles. The van der Waals surface area contributed by atoms with Crippen LogP contribution >= 0.6 is 15.8 Å². The van der Waals surface area contributed by atoms with Crippen LogP contribution < -0.4 is 26.5 Å². The van der Waals surface area contributed by atoms with Crippen molar-refractivity contribution in [3.63, 3.8) is 0 Å². The number of nitrogens with one attached hydrogen (secondary N) is 1. The highest BCUT2D eigenvalue weighted by atomic mass is 31.1. The Morgan fingerprint density at radius 2 is 0.939 bits per heavy atom. The highest BCUT2D eigenvalue weighted by Gasteiger charge is 2.20. The van der Waals surface area contributed by atoms with Crippen molar-refractivity contribution in [1.29, 1.82) is 0 Å². The van der Waals surface area contributed by atoms with E-state index in [4.69, 9.17) is 0 Å². The molecule has 33 heavy (non-hydrogen) atoms. The van der Waals surface area contributed by atoms with E-state index in [2.05, 4.69) is 128 Å². The predicted molar refractivity (Wildman–Crippen MR) is 152 cm³/mol. The highest BCUT2D eigenvalue weighted by Crippen LogP contribution is 2.40. The number of para-hydroxylation sites is 2. The van der Waals surface area contributed by atoms with Gasteiger partial charge in [0, 0.05) is 16.7 Å². The maximum atomic E-state index is 3.89. The van der Waals surface area contributed by atoms with E-state index in [1.165, 1.54) is 57.8 Å². The first kappa shape index (κ1) is 23.7. The number of hydrogen-bond donors (Lipinski definition) is 1. The van der Waals surface area contributed by atoms with Gasteiger partial charge in [-0.3, -0.25) is 0 Å². The molecule has 0 saturated heterocycles. The van der Waals surface area contributed by atoms with Crippen LogP contribution in [-0.2, 0) is 0 Å². The van der Waals surface area contributed by atoms with Crippen molar-refractivity contribution >= 4 is 48.4 Å². The first-order chi connectivity index (χ1) is 16.3. The largest absolute Gasteiger partial charge is 0.354 e. The molecule has 0 amide bonds. The molecule has 0 aliphatic rings. The Labute approximate surface area is 201 Å². The van der Waals surface area contributed by atoms with Crippen LogP contribution in [0, 0.1) is 0 Å². The van der Waals surface area contributed by atoms with Gasteiger partial charge in [0.25, 0.3) is 0 Å². The average Bonchev–Trinajstić information content (AvgIpc) is 2.87. The molecule has 0 bridgehead atoms. The minimum atomic E-state index is -0.659. The van der Waals surface area contributed by atoms with Gasteiger partial charge >= 0.3 is 0 Å². The lowest BCUT2D eigenvalue weighted by atomic mass is 10.2. The standard InChI is InChI=1S/C30H33NP2/c1-3-23-32(24-4-2)29-21-13-11-19-27(29)31-28-20-12-14-22-30(28)33(25-15-7-5-8-16-25)26-17-9-6-10-18-26/h5-22,31H,3-4,23-24H2,1-2H3. The van der Waals surface area contributed by atoms with Gasteiger partial charge in [-0.2, -0.15) is 0 Å². The summed E-state index contributed by atoms with van der Waals surface area (Å²) in [6.45, 7) is 4.62. The fourth-order valence-corrected chi connectivity index (χ4v) is 9.20. The summed E-state index contributed by atoms with van der Waals surface area (Å²) in [5.74, 6) is 0. The molecule has 3 heteroatoms. The molecule has 0 aliphatic heterocycles. The van der Waals surface area contributed by atoms with Gasteiger partial charge in [0.05, 0.1) is 0 Å². The Kier molecular flexibility index (Phi) is 8.71. The van der Waals surface area contributed by atoms with Crippen molar-refractivity contribution in [2.24, 2.45) is 0 Å². The van der Waals surface area contributed by atoms with E-state index in [0.29, 0.717) is 0 Å². The molecule has 1 nitrogen and oxygen atoms in total. The van der Waals surface area contributed by atoms with Crippen LogP contribution in [0.15, 0.2) is 109 Å². The summed E-state index contributed by atoms with van der Waals surface area (Å²) in [4.78, 5) is 0. The van der Waals surface area contributed by atoms with E-state index in [9.17, 15) is 0 Å². The third kappa shape index (κ3) is 5.92. The van der Waals surface area contributed by atoms with E-state index in [-0.39, 0.29) is 7.92 Å². The summed E-state index contributed by atoms with van der Waals surface area (Å²) in [7, 11) is -0.801. The second-order valence-electron chi connectivity index (χ2n) is 8.15. The smallest absolute Gasteiger partial charge is 0.0469 e. The van der Waals surface area contributed by atoms with E-state index in [0.717, 1.165) is 0 Å². The van der Waals surface area contributed by atoms with Crippen molar-refractivity contribution in [2.75, 3.05) is 17.6 Å². The summed E-state index contributed by atoms with van der Waals surface area (Å²) in [6.07, 6.45) is 5.07. The summed E-state index contributed by atoms with van der Waals surface area (Å²) in [5.41, 5.74) is 2.49. The van der Waals surface area contributed by atoms with Crippen molar-refractivity contribution in [2.45, 2.75) is 26.7 Å². The quantitative estimate of drug-likeness (QED) is 0.244. The Hall–Kier alpha value is -2.46. The molecule has 0 fully saturated rings. The van der Waals surface area contributed by atoms with Gasteiger partial charge in [0.2, 0.25) is 0 Å². The van der Waals surface area contributed by atoms with Gasteiger partial charge in [-0.1, -0.05) is 132 Å². The third-order valence-corrected chi connectivity index (χ3v) is 11.2. The number of anilines is 2. The van der Waals surface area contributed by atoms with Crippen molar-refractivity contribution < 1.29 is 0 Å². The summed E-state index contributed by atoms with van der Waals surface area (Å²) in [6, 6.07) is 39.8. The second-order valence-corrected chi connectivity index (χ2v) is 12.8. The van der Waals surface area contributed by atoms with Gasteiger partial charge in [-0.05, 0) is 48.3 Å². The van der Waals surface area contributed by atoms with Crippen LogP contribution in [0.1, 0.15) is 26.7 Å². The topological polar surface area (TPSA) is 12.0 Å². The van der Waals surface area contributed by atoms with Gasteiger partial charge in [0.15, 0.2) is 0 Å². The molecular formula is C30H33NP2. The molecule has 0 radical (unpaired) electrons. The number of hydrogen-bond acceptors (Lipinski definition) is 1. The Bertz CT molecular complexity index is 1080. The molecule has 0 heterocycles. The van der Waals surface area contributed by atoms with Crippen LogP contribution in [0.25, 0.3) is 0 Å². The molecule has 0 atom stereocenters. The maximum Gasteiger partial charge on any atom is 0.0469 e. The Morgan fingerprint density at radius 3 is 1.45 bits per heavy atom. The minimum Gasteiger partial charge on any atom is -0.354 e. The Morgan fingerprint density at radius 1 is 0.515 bits per heavy atom. The van der Waals surface area contributed by atoms with E-state index in [1.54, 1.807) is 0 Å². The van der Waals surface area contributed by atoms with Crippen molar-refractivity contribution in [3.8, 4) is 0 Å². The Balaban J connectivity index is 1.77. The molecule has 0 unspecified atom stereocenters. The molecule has 1 N–H and O–H groups in total. The zero-order valence-corrected chi connectivity index (χ0v) is 21.4. The van der Waals surface area contributed by atoms with E-state index in [1.807, 2.05) is 0 Å². The fourth-order valence-electron chi connectivity index (χ4n) is 4.25. The SMILES string of the molecule is CCCP(CCC)c1ccccc1Nc1ccccc1P(c1ccccc1)c1ccccc1. The fraction of sp³-hybridized carbons (Fsp3) is 0.200. The van der Waals surface area contributed by atoms with Crippen LogP contribution in [-0.4, -0.2) is 12.3 Å². The molecule has 4 rings (SSSR count). The summed E-state index contributed by atoms with van der Waals surface area (Å²) in [5, 5.41) is 9.52. The highest BCUT2D eigenvalue weighted by molar-refractivity contribution is 7.80. The van der Waals surface area contributed by atoms with Gasteiger partial charge in [-0.15, -0.1) is 0 Å². The molecule has 4 aromatic carbocycles. The normalized spacial score (nSPS) is 11.2. The lowest BCUT2D eigenvalue weighted by Crippen LogP contribution is -2.23. The van der Waals surface area contributed by atoms with Crippen LogP contribution in [0.5, 0.6) is 0 Å². The molecule has 0 aliphatic carbocycles. The molecule has 168 valence electrons. The van der Waals surface area contributed by atoms with Crippen LogP contribution in [0.2, 0.25) is 0 Å². The zero-order chi connectivity index (χ0) is 22.9. The third-order valence-electron chi connectivity index (χ3n) is 5.67. The molecule has 0 aromatic heterocycles. The van der Waals surface area contributed by atoms with Gasteiger partial charge < -0.3 is 5.32 Å². The van der Waals surface area contributed by atoms with Crippen LogP contribution in [0.4, 0.5) is 11.4 Å². The summed E-state index contributed by atoms with van der Waals surface area (Å²) >= 11 is 0. The lowest BCUT2D eigenvalue weighted by Gasteiger charge is -2.25. The molecule has 4 aromatic rings. The molecular weight excluding hydrogens is 436 g/mol. The number of benzene rings is 4. The van der Waals surface area contributed by atoms with Crippen molar-refractivity contribution in [3.05, 3.63) is 109 Å². The molecule has 0 spiro atoms. The monoisotopic (exact) mass is 469 g/mol. The van der Waals surface area contributed by atoms with Crippen LogP contribution in [0.3, 0.4) is 0 Å². The maximum absolute atomic E-state index is 3.89. The first-order valence-corrected chi connectivity index (χ1v) is 15.0. The lowest BCUT2D eigenvalue weighted by molar-refractivity contribution is 1.06. The second kappa shape index (κ2) is 12.1. The average molecular weight is 470 g/mol. The van der Waals surface area contributed by atoms with E-state index < -0.39 is 7.92 Å². The first-order valence-electron chi connectivity index (χ1n) is 11.9. The minimum absolute atomic E-state index is 0.143. The number of rotatable bonds is 10. The van der Waals surface area contributed by atoms with Crippen molar-refractivity contribution in [1.82, 2.24) is 0 Å². The van der Waals surface area contributed by atoms with E-state index >= 15 is 0 Å². The predicted octanol–water partition coefficient (Wildman–Crippen LogP) is 7.12. The summed E-state index contributed by atoms with van der Waals surface area (Å²) < 4.78 is 0. The zero-order valence-electron chi connectivity index (χ0n) is 19.6. The van der Waals surface area contributed by atoms with Gasteiger partial charge in [0.1, 0.15) is 0 Å².